The van der Waals surface area contributed by atoms with Crippen molar-refractivity contribution < 1.29 is 22.7 Å². The van der Waals surface area contributed by atoms with Gasteiger partial charge in [-0.25, -0.2) is 8.42 Å². The van der Waals surface area contributed by atoms with Gasteiger partial charge in [0.05, 0.1) is 35.8 Å². The van der Waals surface area contributed by atoms with Gasteiger partial charge in [0.2, 0.25) is 0 Å². The average molecular weight is 458 g/mol. The maximum Gasteiger partial charge on any atom is 0.254 e. The van der Waals surface area contributed by atoms with E-state index in [4.69, 9.17) is 32.7 Å². The van der Waals surface area contributed by atoms with Crippen molar-refractivity contribution >= 4 is 38.9 Å². The van der Waals surface area contributed by atoms with Crippen molar-refractivity contribution in [3.05, 3.63) is 57.6 Å². The number of hydrogen-bond donors (Lipinski definition) is 0. The number of rotatable bonds is 6. The van der Waals surface area contributed by atoms with Crippen molar-refractivity contribution in [3.63, 3.8) is 0 Å². The Hall–Kier alpha value is -1.96. The van der Waals surface area contributed by atoms with Crippen LogP contribution in [0.4, 0.5) is 0 Å². The van der Waals surface area contributed by atoms with Gasteiger partial charge >= 0.3 is 0 Å². The molecule has 0 saturated carbocycles. The molecule has 0 bridgehead atoms. The largest absolute Gasteiger partial charge is 0.497 e. The van der Waals surface area contributed by atoms with E-state index in [1.54, 1.807) is 24.1 Å². The number of halogens is 2. The number of carbonyl (C=O) groups excluding carboxylic acids is 1. The van der Waals surface area contributed by atoms with Gasteiger partial charge in [-0.1, -0.05) is 35.3 Å². The number of nitrogens with zero attached hydrogens (tertiary/aromatic N) is 1. The molecule has 0 aliphatic carbocycles. The Bertz CT molecular complexity index is 985. The van der Waals surface area contributed by atoms with Crippen LogP contribution in [0, 0.1) is 0 Å². The minimum atomic E-state index is -3.17. The molecule has 3 rings (SSSR count). The Morgan fingerprint density at radius 1 is 1.10 bits per heavy atom. The fraction of sp³-hybridized carbons (Fsp3) is 0.350. The predicted molar refractivity (Wildman–Crippen MR) is 113 cm³/mol. The van der Waals surface area contributed by atoms with Gasteiger partial charge in [-0.05, 0) is 36.2 Å². The minimum absolute atomic E-state index is 0.0630. The molecule has 0 unspecified atom stereocenters. The molecule has 9 heteroatoms. The van der Waals surface area contributed by atoms with Gasteiger partial charge in [0, 0.05) is 18.2 Å². The molecular weight excluding hydrogens is 437 g/mol. The van der Waals surface area contributed by atoms with E-state index in [1.807, 2.05) is 12.1 Å². The van der Waals surface area contributed by atoms with Crippen LogP contribution < -0.4 is 9.47 Å². The molecule has 1 heterocycles. The summed E-state index contributed by atoms with van der Waals surface area (Å²) in [7, 11) is -0.159. The summed E-state index contributed by atoms with van der Waals surface area (Å²) >= 11 is 12.4. The minimum Gasteiger partial charge on any atom is -0.497 e. The van der Waals surface area contributed by atoms with Crippen LogP contribution in [-0.4, -0.2) is 51.0 Å². The molecule has 0 aromatic heterocycles. The molecule has 29 heavy (non-hydrogen) atoms. The first-order valence-corrected chi connectivity index (χ1v) is 11.5. The van der Waals surface area contributed by atoms with E-state index in [2.05, 4.69) is 0 Å². The van der Waals surface area contributed by atoms with Crippen molar-refractivity contribution in [2.75, 3.05) is 25.7 Å². The third kappa shape index (κ3) is 4.97. The summed E-state index contributed by atoms with van der Waals surface area (Å²) in [6.07, 6.45) is 0.391. The molecule has 2 aromatic rings. The third-order valence-electron chi connectivity index (χ3n) is 4.87. The van der Waals surface area contributed by atoms with Crippen LogP contribution in [0.15, 0.2) is 36.4 Å². The zero-order valence-electron chi connectivity index (χ0n) is 16.0. The van der Waals surface area contributed by atoms with E-state index in [9.17, 15) is 13.2 Å². The Kier molecular flexibility index (Phi) is 6.61. The number of amides is 1. The number of carbonyl (C=O) groups is 1. The fourth-order valence-electron chi connectivity index (χ4n) is 3.36. The van der Waals surface area contributed by atoms with Gasteiger partial charge in [0.25, 0.3) is 5.91 Å². The molecule has 1 saturated heterocycles. The summed E-state index contributed by atoms with van der Waals surface area (Å²) in [5, 5.41) is 0.429. The molecule has 1 fully saturated rings. The fourth-order valence-corrected chi connectivity index (χ4v) is 5.73. The quantitative estimate of drug-likeness (QED) is 0.658. The van der Waals surface area contributed by atoms with Gasteiger partial charge in [0.15, 0.2) is 15.6 Å². The van der Waals surface area contributed by atoms with Crippen molar-refractivity contribution in [1.82, 2.24) is 4.90 Å². The Morgan fingerprint density at radius 2 is 1.72 bits per heavy atom. The predicted octanol–water partition coefficient (Wildman–Crippen LogP) is 3.84. The van der Waals surface area contributed by atoms with Crippen molar-refractivity contribution in [2.24, 2.45) is 0 Å². The van der Waals surface area contributed by atoms with Crippen molar-refractivity contribution in [2.45, 2.75) is 19.0 Å². The average Bonchev–Trinajstić information content (AvgIpc) is 3.05. The van der Waals surface area contributed by atoms with E-state index in [-0.39, 0.29) is 45.3 Å². The van der Waals surface area contributed by atoms with E-state index in [1.165, 1.54) is 19.2 Å². The highest BCUT2D eigenvalue weighted by atomic mass is 35.5. The monoisotopic (exact) mass is 457 g/mol. The molecule has 0 spiro atoms. The van der Waals surface area contributed by atoms with Gasteiger partial charge in [0.1, 0.15) is 5.75 Å². The first kappa shape index (κ1) is 21.7. The summed E-state index contributed by atoms with van der Waals surface area (Å²) in [6, 6.07) is 9.83. The van der Waals surface area contributed by atoms with E-state index in [0.717, 1.165) is 5.56 Å². The summed E-state index contributed by atoms with van der Waals surface area (Å²) in [4.78, 5) is 14.9. The van der Waals surface area contributed by atoms with Crippen LogP contribution in [0.1, 0.15) is 22.3 Å². The second kappa shape index (κ2) is 8.81. The highest BCUT2D eigenvalue weighted by molar-refractivity contribution is 7.91. The maximum absolute atomic E-state index is 13.3. The summed E-state index contributed by atoms with van der Waals surface area (Å²) in [5.41, 5.74) is 1.13. The molecule has 0 radical (unpaired) electrons. The second-order valence-electron chi connectivity index (χ2n) is 6.81. The lowest BCUT2D eigenvalue weighted by Crippen LogP contribution is -2.40. The molecule has 1 aliphatic rings. The smallest absolute Gasteiger partial charge is 0.254 e. The molecule has 1 aliphatic heterocycles. The van der Waals surface area contributed by atoms with Crippen LogP contribution in [0.25, 0.3) is 0 Å². The lowest BCUT2D eigenvalue weighted by Gasteiger charge is -2.29. The first-order chi connectivity index (χ1) is 13.7. The Labute approximate surface area is 180 Å². The van der Waals surface area contributed by atoms with Gasteiger partial charge < -0.3 is 14.4 Å². The number of sulfone groups is 1. The molecule has 0 N–H and O–H groups in total. The van der Waals surface area contributed by atoms with Crippen molar-refractivity contribution in [1.29, 1.82) is 0 Å². The number of ether oxygens (including phenoxy) is 2. The number of methoxy groups -OCH3 is 2. The molecule has 2 aromatic carbocycles. The van der Waals surface area contributed by atoms with Crippen LogP contribution in [0.5, 0.6) is 11.5 Å². The Balaban J connectivity index is 1.94. The molecule has 156 valence electrons. The highest BCUT2D eigenvalue weighted by Crippen LogP contribution is 2.35. The lowest BCUT2D eigenvalue weighted by atomic mass is 10.1. The van der Waals surface area contributed by atoms with Crippen LogP contribution >= 0.6 is 23.2 Å². The van der Waals surface area contributed by atoms with Crippen LogP contribution in [-0.2, 0) is 16.4 Å². The zero-order chi connectivity index (χ0) is 21.2. The van der Waals surface area contributed by atoms with Gasteiger partial charge in [-0.2, -0.15) is 0 Å². The van der Waals surface area contributed by atoms with Gasteiger partial charge in [-0.3, -0.25) is 4.79 Å². The number of hydrogen-bond acceptors (Lipinski definition) is 5. The Morgan fingerprint density at radius 3 is 2.21 bits per heavy atom. The molecule has 6 nitrogen and oxygen atoms in total. The standard InChI is InChI=1S/C20H21Cl2NO5S/c1-27-16-5-3-13(4-6-16)11-23(15-7-8-29(25,26)12-15)20(24)14-9-17(21)19(28-2)18(22)10-14/h3-6,9-10,15H,7-8,11-12H2,1-2H3/t15-/m1/s1. The van der Waals surface area contributed by atoms with E-state index in [0.29, 0.717) is 12.2 Å². The summed E-state index contributed by atoms with van der Waals surface area (Å²) < 4.78 is 34.3. The maximum atomic E-state index is 13.3. The molecular formula is C20H21Cl2NO5S. The summed E-state index contributed by atoms with van der Waals surface area (Å²) in [5.74, 6) is 0.647. The van der Waals surface area contributed by atoms with Crippen LogP contribution in [0.3, 0.4) is 0 Å². The first-order valence-electron chi connectivity index (χ1n) is 8.91. The lowest BCUT2D eigenvalue weighted by molar-refractivity contribution is 0.0681. The van der Waals surface area contributed by atoms with E-state index >= 15 is 0 Å². The third-order valence-corrected chi connectivity index (χ3v) is 7.18. The highest BCUT2D eigenvalue weighted by Gasteiger charge is 2.35. The molecule has 1 amide bonds. The van der Waals surface area contributed by atoms with Crippen LogP contribution in [0.2, 0.25) is 10.0 Å². The molecule has 1 atom stereocenters. The second-order valence-corrected chi connectivity index (χ2v) is 9.85. The SMILES string of the molecule is COc1ccc(CN(C(=O)c2cc(Cl)c(OC)c(Cl)c2)[C@@H]2CCS(=O)(=O)C2)cc1. The van der Waals surface area contributed by atoms with Gasteiger partial charge in [-0.15, -0.1) is 0 Å². The zero-order valence-corrected chi connectivity index (χ0v) is 18.4. The topological polar surface area (TPSA) is 72.9 Å². The van der Waals surface area contributed by atoms with Crippen molar-refractivity contribution in [3.8, 4) is 11.5 Å². The van der Waals surface area contributed by atoms with E-state index < -0.39 is 15.9 Å². The normalized spacial score (nSPS) is 17.7. The summed E-state index contributed by atoms with van der Waals surface area (Å²) in [6.45, 7) is 0.254. The number of benzene rings is 2.